The van der Waals surface area contributed by atoms with E-state index in [1.807, 2.05) is 13.0 Å². The fraction of sp³-hybridized carbons (Fsp3) is 0.222. The predicted octanol–water partition coefficient (Wildman–Crippen LogP) is 2.01. The normalized spacial score (nSPS) is 15.1. The van der Waals surface area contributed by atoms with Gasteiger partial charge >= 0.3 is 0 Å². The molecule has 0 saturated carbocycles. The molecule has 1 aliphatic heterocycles. The van der Waals surface area contributed by atoms with Crippen LogP contribution in [0.15, 0.2) is 42.5 Å². The Hall–Kier alpha value is -2.93. The summed E-state index contributed by atoms with van der Waals surface area (Å²) < 4.78 is 16.4. The summed E-state index contributed by atoms with van der Waals surface area (Å²) >= 11 is 5.87. The minimum absolute atomic E-state index is 0.0547. The molecule has 26 heavy (non-hydrogen) atoms. The molecule has 2 aromatic carbocycles. The molecule has 0 saturated heterocycles. The molecular formula is C18H17ClN2O5. The van der Waals surface area contributed by atoms with E-state index in [0.29, 0.717) is 22.3 Å². The van der Waals surface area contributed by atoms with Crippen LogP contribution >= 0.6 is 11.6 Å². The zero-order chi connectivity index (χ0) is 18.5. The third-order valence-electron chi connectivity index (χ3n) is 3.62. The predicted molar refractivity (Wildman–Crippen MR) is 94.3 cm³/mol. The Morgan fingerprint density at radius 3 is 2.73 bits per heavy atom. The molecule has 3 rings (SSSR count). The van der Waals surface area contributed by atoms with Gasteiger partial charge in [-0.25, -0.2) is 0 Å². The summed E-state index contributed by atoms with van der Waals surface area (Å²) in [5, 5.41) is 0.586. The standard InChI is InChI=1S/C18H17ClN2O5/c1-11-8-12(19)6-7-13(11)25-10-17(22)20-21-18(23)16-9-24-14-4-2-3-5-15(14)26-16/h2-8,16H,9-10H2,1H3,(H,20,22)(H,21,23)/t16-/m0/s1. The molecule has 2 N–H and O–H groups in total. The van der Waals surface area contributed by atoms with Crippen LogP contribution in [0.3, 0.4) is 0 Å². The first-order valence-electron chi connectivity index (χ1n) is 7.89. The molecule has 7 nitrogen and oxygen atoms in total. The first-order chi connectivity index (χ1) is 12.5. The average molecular weight is 377 g/mol. The van der Waals surface area contributed by atoms with Gasteiger partial charge in [0.05, 0.1) is 0 Å². The third-order valence-corrected chi connectivity index (χ3v) is 3.86. The Kier molecular flexibility index (Phi) is 5.48. The lowest BCUT2D eigenvalue weighted by Gasteiger charge is -2.25. The number of aryl methyl sites for hydroxylation is 1. The van der Waals surface area contributed by atoms with Crippen molar-refractivity contribution in [2.24, 2.45) is 0 Å². The van der Waals surface area contributed by atoms with Crippen LogP contribution in [0.4, 0.5) is 0 Å². The van der Waals surface area contributed by atoms with Crippen LogP contribution in [0.2, 0.25) is 5.02 Å². The van der Waals surface area contributed by atoms with E-state index >= 15 is 0 Å². The molecule has 8 heteroatoms. The highest BCUT2D eigenvalue weighted by Crippen LogP contribution is 2.30. The van der Waals surface area contributed by atoms with E-state index in [1.165, 1.54) is 0 Å². The summed E-state index contributed by atoms with van der Waals surface area (Å²) in [5.74, 6) is 0.566. The second-order valence-electron chi connectivity index (χ2n) is 5.60. The van der Waals surface area contributed by atoms with E-state index in [1.54, 1.807) is 36.4 Å². The quantitative estimate of drug-likeness (QED) is 0.797. The Bertz CT molecular complexity index is 827. The van der Waals surface area contributed by atoms with Gasteiger partial charge in [-0.15, -0.1) is 0 Å². The number of carbonyl (C=O) groups is 2. The number of hydrogen-bond acceptors (Lipinski definition) is 5. The monoisotopic (exact) mass is 376 g/mol. The number of amides is 2. The van der Waals surface area contributed by atoms with Crippen LogP contribution in [0, 0.1) is 6.92 Å². The van der Waals surface area contributed by atoms with Gasteiger partial charge < -0.3 is 14.2 Å². The molecule has 0 unspecified atom stereocenters. The number of benzene rings is 2. The molecule has 0 bridgehead atoms. The second-order valence-corrected chi connectivity index (χ2v) is 6.04. The van der Waals surface area contributed by atoms with E-state index in [0.717, 1.165) is 5.56 Å². The fourth-order valence-corrected chi connectivity index (χ4v) is 2.54. The lowest BCUT2D eigenvalue weighted by atomic mass is 10.2. The number of halogens is 1. The smallest absolute Gasteiger partial charge is 0.283 e. The van der Waals surface area contributed by atoms with E-state index < -0.39 is 17.9 Å². The van der Waals surface area contributed by atoms with Crippen LogP contribution in [-0.2, 0) is 9.59 Å². The molecule has 1 heterocycles. The molecule has 0 fully saturated rings. The van der Waals surface area contributed by atoms with Crippen LogP contribution in [0.25, 0.3) is 0 Å². The number of hydrogen-bond donors (Lipinski definition) is 2. The van der Waals surface area contributed by atoms with Crippen molar-refractivity contribution in [1.82, 2.24) is 10.9 Å². The van der Waals surface area contributed by atoms with Crippen molar-refractivity contribution >= 4 is 23.4 Å². The number of para-hydroxylation sites is 2. The zero-order valence-corrected chi connectivity index (χ0v) is 14.7. The largest absolute Gasteiger partial charge is 0.485 e. The Labute approximate surface area is 155 Å². The summed E-state index contributed by atoms with van der Waals surface area (Å²) in [5.41, 5.74) is 5.38. The van der Waals surface area contributed by atoms with Crippen molar-refractivity contribution in [3.05, 3.63) is 53.1 Å². The third kappa shape index (κ3) is 4.37. The first kappa shape index (κ1) is 17.9. The maximum Gasteiger partial charge on any atom is 0.283 e. The Morgan fingerprint density at radius 2 is 1.96 bits per heavy atom. The van der Waals surface area contributed by atoms with E-state index in [4.69, 9.17) is 25.8 Å². The van der Waals surface area contributed by atoms with Gasteiger partial charge in [-0.05, 0) is 42.8 Å². The minimum Gasteiger partial charge on any atom is -0.485 e. The number of hydrazine groups is 1. The van der Waals surface area contributed by atoms with Crippen LogP contribution in [0.1, 0.15) is 5.56 Å². The molecule has 0 spiro atoms. The van der Waals surface area contributed by atoms with Crippen molar-refractivity contribution < 1.29 is 23.8 Å². The summed E-state index contributed by atoms with van der Waals surface area (Å²) in [6.07, 6.45) is -0.857. The summed E-state index contributed by atoms with van der Waals surface area (Å²) in [6, 6.07) is 12.1. The number of nitrogens with one attached hydrogen (secondary N) is 2. The molecule has 1 aliphatic rings. The molecule has 1 atom stereocenters. The van der Waals surface area contributed by atoms with Gasteiger partial charge in [-0.1, -0.05) is 23.7 Å². The average Bonchev–Trinajstić information content (AvgIpc) is 2.65. The van der Waals surface area contributed by atoms with Gasteiger partial charge in [0.25, 0.3) is 11.8 Å². The Balaban J connectivity index is 1.45. The highest BCUT2D eigenvalue weighted by atomic mass is 35.5. The zero-order valence-electron chi connectivity index (χ0n) is 14.0. The number of ether oxygens (including phenoxy) is 3. The second kappa shape index (κ2) is 7.97. The summed E-state index contributed by atoms with van der Waals surface area (Å²) in [7, 11) is 0. The lowest BCUT2D eigenvalue weighted by molar-refractivity contribution is -0.135. The van der Waals surface area contributed by atoms with Crippen LogP contribution < -0.4 is 25.1 Å². The van der Waals surface area contributed by atoms with Crippen LogP contribution in [-0.4, -0.2) is 31.1 Å². The summed E-state index contributed by atoms with van der Waals surface area (Å²) in [4.78, 5) is 23.9. The highest BCUT2D eigenvalue weighted by Gasteiger charge is 2.27. The summed E-state index contributed by atoms with van der Waals surface area (Å²) in [6.45, 7) is 1.62. The van der Waals surface area contributed by atoms with Crippen molar-refractivity contribution in [3.63, 3.8) is 0 Å². The maximum absolute atomic E-state index is 12.1. The SMILES string of the molecule is Cc1cc(Cl)ccc1OCC(=O)NNC(=O)[C@@H]1COc2ccccc2O1. The van der Waals surface area contributed by atoms with E-state index in [2.05, 4.69) is 10.9 Å². The Morgan fingerprint density at radius 1 is 1.19 bits per heavy atom. The van der Waals surface area contributed by atoms with Gasteiger partial charge in [-0.3, -0.25) is 20.4 Å². The topological polar surface area (TPSA) is 85.9 Å². The molecule has 0 aromatic heterocycles. The van der Waals surface area contributed by atoms with Gasteiger partial charge in [0.2, 0.25) is 6.10 Å². The molecule has 2 amide bonds. The molecule has 0 radical (unpaired) electrons. The fourth-order valence-electron chi connectivity index (χ4n) is 2.31. The van der Waals surface area contributed by atoms with Gasteiger partial charge in [0.1, 0.15) is 12.4 Å². The minimum atomic E-state index is -0.857. The van der Waals surface area contributed by atoms with Crippen molar-refractivity contribution in [2.45, 2.75) is 13.0 Å². The van der Waals surface area contributed by atoms with Gasteiger partial charge in [-0.2, -0.15) is 0 Å². The highest BCUT2D eigenvalue weighted by molar-refractivity contribution is 6.30. The van der Waals surface area contributed by atoms with Crippen LogP contribution in [0.5, 0.6) is 17.2 Å². The molecular weight excluding hydrogens is 360 g/mol. The van der Waals surface area contributed by atoms with Crippen molar-refractivity contribution in [3.8, 4) is 17.2 Å². The molecule has 136 valence electrons. The molecule has 2 aromatic rings. The number of rotatable bonds is 4. The maximum atomic E-state index is 12.1. The first-order valence-corrected chi connectivity index (χ1v) is 8.27. The van der Waals surface area contributed by atoms with Crippen molar-refractivity contribution in [1.29, 1.82) is 0 Å². The van der Waals surface area contributed by atoms with E-state index in [9.17, 15) is 9.59 Å². The van der Waals surface area contributed by atoms with Gasteiger partial charge in [0, 0.05) is 5.02 Å². The molecule has 0 aliphatic carbocycles. The van der Waals surface area contributed by atoms with Crippen molar-refractivity contribution in [2.75, 3.05) is 13.2 Å². The lowest BCUT2D eigenvalue weighted by Crippen LogP contribution is -2.51. The number of fused-ring (bicyclic) bond motifs is 1. The van der Waals surface area contributed by atoms with Gasteiger partial charge in [0.15, 0.2) is 18.1 Å². The number of carbonyl (C=O) groups excluding carboxylic acids is 2. The van der Waals surface area contributed by atoms with E-state index in [-0.39, 0.29) is 13.2 Å².